The minimum absolute atomic E-state index is 0.267. The Kier molecular flexibility index (Phi) is 2.92. The van der Waals surface area contributed by atoms with E-state index in [0.29, 0.717) is 19.6 Å². The van der Waals surface area contributed by atoms with Crippen LogP contribution >= 0.6 is 0 Å². The molecule has 0 bridgehead atoms. The first kappa shape index (κ1) is 11.8. The molecule has 98 valence electrons. The number of ether oxygens (including phenoxy) is 3. The van der Waals surface area contributed by atoms with E-state index in [9.17, 15) is 5.11 Å². The molecule has 2 heterocycles. The minimum atomic E-state index is -0.460. The van der Waals surface area contributed by atoms with Crippen molar-refractivity contribution in [3.05, 3.63) is 23.8 Å². The van der Waals surface area contributed by atoms with Crippen LogP contribution < -0.4 is 9.47 Å². The van der Waals surface area contributed by atoms with Crippen LogP contribution in [-0.4, -0.2) is 31.0 Å². The highest BCUT2D eigenvalue weighted by atomic mass is 16.5. The van der Waals surface area contributed by atoms with E-state index in [-0.39, 0.29) is 5.60 Å². The summed E-state index contributed by atoms with van der Waals surface area (Å²) in [7, 11) is 1.63. The van der Waals surface area contributed by atoms with E-state index in [1.807, 2.05) is 18.2 Å². The molecule has 4 heteroatoms. The first-order chi connectivity index (χ1) is 8.72. The summed E-state index contributed by atoms with van der Waals surface area (Å²) >= 11 is 0. The molecule has 2 aliphatic rings. The Morgan fingerprint density at radius 3 is 2.83 bits per heavy atom. The van der Waals surface area contributed by atoms with Crippen LogP contribution in [0.1, 0.15) is 30.9 Å². The van der Waals surface area contributed by atoms with Gasteiger partial charge in [0.1, 0.15) is 17.1 Å². The fraction of sp³-hybridized carbons (Fsp3) is 0.571. The fourth-order valence-electron chi connectivity index (χ4n) is 2.79. The Hall–Kier alpha value is -1.26. The summed E-state index contributed by atoms with van der Waals surface area (Å²) < 4.78 is 16.7. The number of aliphatic hydroxyl groups excluding tert-OH is 1. The zero-order valence-electron chi connectivity index (χ0n) is 10.5. The molecule has 4 nitrogen and oxygen atoms in total. The van der Waals surface area contributed by atoms with Gasteiger partial charge in [0.25, 0.3) is 0 Å². The topological polar surface area (TPSA) is 47.9 Å². The highest BCUT2D eigenvalue weighted by Crippen LogP contribution is 2.44. The van der Waals surface area contributed by atoms with E-state index < -0.39 is 6.10 Å². The molecular weight excluding hydrogens is 232 g/mol. The molecule has 0 amide bonds. The average Bonchev–Trinajstić information content (AvgIpc) is 2.38. The lowest BCUT2D eigenvalue weighted by atomic mass is 9.83. The maximum Gasteiger partial charge on any atom is 0.129 e. The first-order valence-electron chi connectivity index (χ1n) is 6.35. The predicted molar refractivity (Wildman–Crippen MR) is 66.0 cm³/mol. The van der Waals surface area contributed by atoms with Crippen molar-refractivity contribution >= 4 is 0 Å². The molecule has 1 spiro atoms. The van der Waals surface area contributed by atoms with Crippen LogP contribution in [0, 0.1) is 0 Å². The Bertz CT molecular complexity index is 437. The molecule has 3 rings (SSSR count). The van der Waals surface area contributed by atoms with Gasteiger partial charge in [-0.05, 0) is 12.1 Å². The summed E-state index contributed by atoms with van der Waals surface area (Å²) in [6.45, 7) is 1.40. The molecule has 0 saturated carbocycles. The van der Waals surface area contributed by atoms with Gasteiger partial charge in [0.05, 0.1) is 26.4 Å². The van der Waals surface area contributed by atoms with Crippen LogP contribution in [-0.2, 0) is 4.74 Å². The van der Waals surface area contributed by atoms with Gasteiger partial charge < -0.3 is 19.3 Å². The van der Waals surface area contributed by atoms with Crippen LogP contribution in [0.5, 0.6) is 11.5 Å². The van der Waals surface area contributed by atoms with E-state index in [2.05, 4.69) is 0 Å². The van der Waals surface area contributed by atoms with E-state index in [4.69, 9.17) is 14.2 Å². The van der Waals surface area contributed by atoms with Crippen LogP contribution in [0.3, 0.4) is 0 Å². The fourth-order valence-corrected chi connectivity index (χ4v) is 2.79. The molecule has 1 atom stereocenters. The molecule has 0 radical (unpaired) electrons. The normalized spacial score (nSPS) is 25.3. The molecule has 1 saturated heterocycles. The van der Waals surface area contributed by atoms with Crippen molar-refractivity contribution in [3.63, 3.8) is 0 Å². The van der Waals surface area contributed by atoms with E-state index in [1.54, 1.807) is 7.11 Å². The van der Waals surface area contributed by atoms with Crippen molar-refractivity contribution in [2.75, 3.05) is 20.3 Å². The second kappa shape index (κ2) is 4.44. The van der Waals surface area contributed by atoms with Crippen LogP contribution in [0.15, 0.2) is 18.2 Å². The molecule has 2 aliphatic heterocycles. The summed E-state index contributed by atoms with van der Waals surface area (Å²) in [6.07, 6.45) is 1.86. The third kappa shape index (κ3) is 1.95. The van der Waals surface area contributed by atoms with Gasteiger partial charge in [-0.2, -0.15) is 0 Å². The van der Waals surface area contributed by atoms with Gasteiger partial charge >= 0.3 is 0 Å². The molecule has 1 fully saturated rings. The number of fused-ring (bicyclic) bond motifs is 1. The number of aliphatic hydroxyl groups is 1. The maximum atomic E-state index is 10.3. The standard InChI is InChI=1S/C14H18O4/c1-16-10-2-3-11-12(15)9-14(18-13(11)8-10)4-6-17-7-5-14/h2-3,8,12,15H,4-7,9H2,1H3/t12-/m1/s1. The van der Waals surface area contributed by atoms with Crippen molar-refractivity contribution in [2.24, 2.45) is 0 Å². The Labute approximate surface area is 106 Å². The van der Waals surface area contributed by atoms with Gasteiger partial charge in [-0.25, -0.2) is 0 Å². The lowest BCUT2D eigenvalue weighted by molar-refractivity contribution is -0.0839. The number of rotatable bonds is 1. The molecule has 1 N–H and O–H groups in total. The SMILES string of the molecule is COc1ccc2c(c1)OC1(CCOCC1)C[C@H]2O. The first-order valence-corrected chi connectivity index (χ1v) is 6.35. The van der Waals surface area contributed by atoms with Crippen LogP contribution in [0.4, 0.5) is 0 Å². The van der Waals surface area contributed by atoms with Crippen molar-refractivity contribution in [1.29, 1.82) is 0 Å². The summed E-state index contributed by atoms with van der Waals surface area (Å²) in [5.41, 5.74) is 0.588. The third-order valence-corrected chi connectivity index (χ3v) is 3.88. The predicted octanol–water partition coefficient (Wildman–Crippen LogP) is 2.06. The van der Waals surface area contributed by atoms with Crippen molar-refractivity contribution in [1.82, 2.24) is 0 Å². The molecule has 0 aromatic heterocycles. The summed E-state index contributed by atoms with van der Waals surface area (Å²) in [5, 5.41) is 10.3. The zero-order chi connectivity index (χ0) is 12.6. The van der Waals surface area contributed by atoms with Crippen molar-refractivity contribution < 1.29 is 19.3 Å². The highest BCUT2D eigenvalue weighted by molar-refractivity contribution is 5.44. The van der Waals surface area contributed by atoms with Gasteiger partial charge in [0.15, 0.2) is 0 Å². The number of methoxy groups -OCH3 is 1. The summed E-state index contributed by atoms with van der Waals surface area (Å²) in [5.74, 6) is 1.50. The second-order valence-electron chi connectivity index (χ2n) is 5.02. The number of hydrogen-bond acceptors (Lipinski definition) is 4. The van der Waals surface area contributed by atoms with Gasteiger partial charge in [-0.3, -0.25) is 0 Å². The van der Waals surface area contributed by atoms with Gasteiger partial charge in [-0.1, -0.05) is 0 Å². The molecule has 1 aromatic carbocycles. The van der Waals surface area contributed by atoms with Gasteiger partial charge in [0, 0.05) is 30.9 Å². The lowest BCUT2D eigenvalue weighted by Crippen LogP contribution is -2.45. The molecule has 0 aliphatic carbocycles. The lowest BCUT2D eigenvalue weighted by Gasteiger charge is -2.43. The van der Waals surface area contributed by atoms with E-state index in [1.165, 1.54) is 0 Å². The highest BCUT2D eigenvalue weighted by Gasteiger charge is 2.41. The average molecular weight is 250 g/mol. The smallest absolute Gasteiger partial charge is 0.129 e. The van der Waals surface area contributed by atoms with Crippen molar-refractivity contribution in [3.8, 4) is 11.5 Å². The number of benzene rings is 1. The Balaban J connectivity index is 1.94. The molecule has 18 heavy (non-hydrogen) atoms. The second-order valence-corrected chi connectivity index (χ2v) is 5.02. The zero-order valence-corrected chi connectivity index (χ0v) is 10.5. The van der Waals surface area contributed by atoms with Crippen LogP contribution in [0.25, 0.3) is 0 Å². The summed E-state index contributed by atoms with van der Waals surface area (Å²) in [4.78, 5) is 0. The van der Waals surface area contributed by atoms with Crippen LogP contribution in [0.2, 0.25) is 0 Å². The quantitative estimate of drug-likeness (QED) is 0.828. The van der Waals surface area contributed by atoms with E-state index in [0.717, 1.165) is 29.9 Å². The maximum absolute atomic E-state index is 10.3. The van der Waals surface area contributed by atoms with Crippen molar-refractivity contribution in [2.45, 2.75) is 31.0 Å². The molecular formula is C14H18O4. The Morgan fingerprint density at radius 1 is 1.33 bits per heavy atom. The monoisotopic (exact) mass is 250 g/mol. The summed E-state index contributed by atoms with van der Waals surface area (Å²) in [6, 6.07) is 5.59. The van der Waals surface area contributed by atoms with Gasteiger partial charge in [0.2, 0.25) is 0 Å². The number of hydrogen-bond donors (Lipinski definition) is 1. The molecule has 1 aromatic rings. The minimum Gasteiger partial charge on any atom is -0.497 e. The third-order valence-electron chi connectivity index (χ3n) is 3.88. The largest absolute Gasteiger partial charge is 0.497 e. The Morgan fingerprint density at radius 2 is 2.11 bits per heavy atom. The molecule has 0 unspecified atom stereocenters. The van der Waals surface area contributed by atoms with E-state index >= 15 is 0 Å². The van der Waals surface area contributed by atoms with Gasteiger partial charge in [-0.15, -0.1) is 0 Å².